The Bertz CT molecular complexity index is 338. The van der Waals surface area contributed by atoms with Crippen LogP contribution in [0.3, 0.4) is 0 Å². The Hall–Kier alpha value is -1.71. The summed E-state index contributed by atoms with van der Waals surface area (Å²) in [5.41, 5.74) is 4.84. The molecule has 9 nitrogen and oxygen atoms in total. The minimum absolute atomic E-state index is 0.282. The van der Waals surface area contributed by atoms with Gasteiger partial charge in [0.1, 0.15) is 18.7 Å². The summed E-state index contributed by atoms with van der Waals surface area (Å²) in [4.78, 5) is 29.6. The molecule has 0 spiro atoms. The van der Waals surface area contributed by atoms with Gasteiger partial charge in [0.05, 0.1) is 27.6 Å². The van der Waals surface area contributed by atoms with E-state index in [9.17, 15) is 19.5 Å². The zero-order valence-electron chi connectivity index (χ0n) is 11.8. The number of hydrogen-bond acceptors (Lipinski definition) is 6. The molecule has 0 bridgehead atoms. The van der Waals surface area contributed by atoms with Crippen LogP contribution in [0.5, 0.6) is 0 Å². The largest absolute Gasteiger partial charge is 0.550 e. The third-order valence-corrected chi connectivity index (χ3v) is 1.87. The smallest absolute Gasteiger partial charge is 0.321 e. The van der Waals surface area contributed by atoms with Crippen molar-refractivity contribution in [3.8, 4) is 0 Å². The van der Waals surface area contributed by atoms with E-state index in [1.165, 1.54) is 0 Å². The molecule has 0 aromatic rings. The first-order valence-corrected chi connectivity index (χ1v) is 5.73. The predicted molar refractivity (Wildman–Crippen MR) is 66.4 cm³/mol. The molecule has 0 aliphatic carbocycles. The minimum atomic E-state index is -1.29. The van der Waals surface area contributed by atoms with Crippen LogP contribution < -0.4 is 10.8 Å². The van der Waals surface area contributed by atoms with Gasteiger partial charge in [-0.15, -0.1) is 0 Å². The number of nitrogens with two attached hydrogens (primary N) is 1. The number of aliphatic hydroxyl groups is 1. The first-order chi connectivity index (χ1) is 8.85. The van der Waals surface area contributed by atoms with E-state index in [1.807, 2.05) is 21.1 Å². The molecule has 118 valence electrons. The summed E-state index contributed by atoms with van der Waals surface area (Å²) in [6.45, 7) is 0.425. The second kappa shape index (κ2) is 9.23. The highest BCUT2D eigenvalue weighted by Crippen LogP contribution is 1.97. The standard InChI is InChI=1S/C7H15NO3.C4H7NO4/c1-8(2,3)5-6(9)4-7(10)11;5-2(4(8)9)1-3(6)7/h6,9H,4-5H2,1-3H3;2H,1,5H2,(H,6,7)(H,8,9). The number of hydrogen-bond donors (Lipinski definition) is 4. The van der Waals surface area contributed by atoms with Crippen LogP contribution in [0.15, 0.2) is 0 Å². The van der Waals surface area contributed by atoms with Gasteiger partial charge in [0.15, 0.2) is 0 Å². The van der Waals surface area contributed by atoms with Crippen molar-refractivity contribution < 1.29 is 39.3 Å². The summed E-state index contributed by atoms with van der Waals surface area (Å²) in [7, 11) is 5.66. The molecule has 9 heteroatoms. The molecule has 0 heterocycles. The highest BCUT2D eigenvalue weighted by atomic mass is 16.4. The van der Waals surface area contributed by atoms with Gasteiger partial charge in [0, 0.05) is 12.4 Å². The van der Waals surface area contributed by atoms with E-state index in [0.29, 0.717) is 11.0 Å². The fourth-order valence-electron chi connectivity index (χ4n) is 1.16. The lowest BCUT2D eigenvalue weighted by molar-refractivity contribution is -0.873. The maximum absolute atomic E-state index is 10.0. The summed E-state index contributed by atoms with van der Waals surface area (Å²) >= 11 is 0. The van der Waals surface area contributed by atoms with Gasteiger partial charge in [0.2, 0.25) is 0 Å². The van der Waals surface area contributed by atoms with E-state index >= 15 is 0 Å². The van der Waals surface area contributed by atoms with Crippen LogP contribution in [-0.4, -0.2) is 77.5 Å². The molecule has 0 fully saturated rings. The topological polar surface area (TPSA) is 161 Å². The van der Waals surface area contributed by atoms with Crippen molar-refractivity contribution >= 4 is 17.9 Å². The lowest BCUT2D eigenvalue weighted by atomic mass is 10.2. The van der Waals surface area contributed by atoms with Gasteiger partial charge in [0.25, 0.3) is 0 Å². The number of nitrogens with zero attached hydrogens (tertiary/aromatic N) is 1. The van der Waals surface area contributed by atoms with Crippen LogP contribution in [-0.2, 0) is 14.4 Å². The number of carbonyl (C=O) groups is 3. The Morgan fingerprint density at radius 2 is 1.60 bits per heavy atom. The van der Waals surface area contributed by atoms with Gasteiger partial charge in [-0.3, -0.25) is 9.59 Å². The lowest BCUT2D eigenvalue weighted by Gasteiger charge is -2.26. The molecule has 0 aromatic heterocycles. The third kappa shape index (κ3) is 16.3. The van der Waals surface area contributed by atoms with Crippen molar-refractivity contribution in [3.05, 3.63) is 0 Å². The highest BCUT2D eigenvalue weighted by molar-refractivity contribution is 5.80. The molecule has 20 heavy (non-hydrogen) atoms. The van der Waals surface area contributed by atoms with Crippen LogP contribution in [0.1, 0.15) is 12.8 Å². The fourth-order valence-corrected chi connectivity index (χ4v) is 1.16. The molecule has 2 atom stereocenters. The van der Waals surface area contributed by atoms with Crippen molar-refractivity contribution in [3.63, 3.8) is 0 Å². The number of carboxylic acid groups (broad SMARTS) is 3. The third-order valence-electron chi connectivity index (χ3n) is 1.87. The van der Waals surface area contributed by atoms with Gasteiger partial charge >= 0.3 is 11.9 Å². The van der Waals surface area contributed by atoms with Gasteiger partial charge in [-0.25, -0.2) is 0 Å². The van der Waals surface area contributed by atoms with Crippen LogP contribution in [0.4, 0.5) is 0 Å². The fraction of sp³-hybridized carbons (Fsp3) is 0.727. The van der Waals surface area contributed by atoms with Crippen molar-refractivity contribution in [2.45, 2.75) is 25.0 Å². The van der Waals surface area contributed by atoms with Gasteiger partial charge in [-0.2, -0.15) is 0 Å². The Morgan fingerprint density at radius 1 is 1.15 bits per heavy atom. The maximum atomic E-state index is 10.0. The second-order valence-corrected chi connectivity index (χ2v) is 5.25. The van der Waals surface area contributed by atoms with E-state index in [1.54, 1.807) is 0 Å². The molecular formula is C11H22N2O7. The molecule has 0 saturated heterocycles. The molecule has 2 unspecified atom stereocenters. The molecule has 0 rings (SSSR count). The average molecular weight is 294 g/mol. The van der Waals surface area contributed by atoms with Gasteiger partial charge < -0.3 is 35.4 Å². The van der Waals surface area contributed by atoms with E-state index in [2.05, 4.69) is 0 Å². The monoisotopic (exact) mass is 294 g/mol. The van der Waals surface area contributed by atoms with E-state index < -0.39 is 36.5 Å². The molecule has 0 aliphatic heterocycles. The van der Waals surface area contributed by atoms with Crippen molar-refractivity contribution in [1.29, 1.82) is 0 Å². The Balaban J connectivity index is 0. The van der Waals surface area contributed by atoms with Crippen molar-refractivity contribution in [2.24, 2.45) is 5.73 Å². The zero-order chi connectivity index (χ0) is 16.5. The Labute approximate surface area is 116 Å². The van der Waals surface area contributed by atoms with E-state index in [0.717, 1.165) is 0 Å². The molecule has 0 saturated carbocycles. The zero-order valence-corrected chi connectivity index (χ0v) is 11.8. The van der Waals surface area contributed by atoms with Crippen molar-refractivity contribution in [1.82, 2.24) is 0 Å². The quantitative estimate of drug-likeness (QED) is 0.363. The normalized spacial score (nSPS) is 13.7. The molecule has 0 radical (unpaired) electrons. The molecule has 0 aromatic carbocycles. The average Bonchev–Trinajstić information content (AvgIpc) is 2.12. The first kappa shape index (κ1) is 20.6. The van der Waals surface area contributed by atoms with E-state index in [4.69, 9.17) is 21.1 Å². The van der Waals surface area contributed by atoms with E-state index in [-0.39, 0.29) is 6.42 Å². The molecule has 5 N–H and O–H groups in total. The van der Waals surface area contributed by atoms with Gasteiger partial charge in [-0.05, 0) is 0 Å². The summed E-state index contributed by atoms with van der Waals surface area (Å²) in [5.74, 6) is -3.70. The number of likely N-dealkylation sites (N-methyl/N-ethyl adjacent to an activating group) is 1. The maximum Gasteiger partial charge on any atom is 0.321 e. The summed E-state index contributed by atoms with van der Waals surface area (Å²) in [6, 6.07) is -1.29. The van der Waals surface area contributed by atoms with Crippen LogP contribution in [0.25, 0.3) is 0 Å². The number of carboxylic acids is 3. The number of quaternary nitrogens is 1. The Morgan fingerprint density at radius 3 is 1.80 bits per heavy atom. The highest BCUT2D eigenvalue weighted by Gasteiger charge is 2.15. The summed E-state index contributed by atoms with van der Waals surface area (Å²) in [6.07, 6.45) is -1.62. The SMILES string of the molecule is C[N+](C)(C)CC(O)CC(=O)[O-].NC(CC(=O)O)C(=O)O. The second-order valence-electron chi connectivity index (χ2n) is 5.25. The number of aliphatic hydroxyl groups excluding tert-OH is 1. The summed E-state index contributed by atoms with van der Waals surface area (Å²) < 4.78 is 0.550. The molecule has 0 amide bonds. The lowest BCUT2D eigenvalue weighted by Crippen LogP contribution is -2.43. The first-order valence-electron chi connectivity index (χ1n) is 5.73. The van der Waals surface area contributed by atoms with Crippen LogP contribution >= 0.6 is 0 Å². The summed E-state index contributed by atoms with van der Waals surface area (Å²) in [5, 5.41) is 35.2. The molecular weight excluding hydrogens is 272 g/mol. The number of aliphatic carboxylic acids is 3. The molecule has 0 aliphatic rings. The van der Waals surface area contributed by atoms with Crippen LogP contribution in [0, 0.1) is 0 Å². The number of rotatable bonds is 7. The Kier molecular flexibility index (Phi) is 9.51. The van der Waals surface area contributed by atoms with Crippen molar-refractivity contribution in [2.75, 3.05) is 27.7 Å². The number of carbonyl (C=O) groups excluding carboxylic acids is 1. The predicted octanol–water partition coefficient (Wildman–Crippen LogP) is -2.93. The minimum Gasteiger partial charge on any atom is -0.550 e. The van der Waals surface area contributed by atoms with Gasteiger partial charge in [-0.1, -0.05) is 0 Å². The van der Waals surface area contributed by atoms with Crippen LogP contribution in [0.2, 0.25) is 0 Å².